The van der Waals surface area contributed by atoms with Gasteiger partial charge in [-0.1, -0.05) is 0 Å². The van der Waals surface area contributed by atoms with Crippen LogP contribution in [0.2, 0.25) is 0 Å². The van der Waals surface area contributed by atoms with Crippen molar-refractivity contribution in [3.8, 4) is 28.6 Å². The molecule has 35 heavy (non-hydrogen) atoms. The van der Waals surface area contributed by atoms with Crippen LogP contribution in [0.5, 0.6) is 17.4 Å². The van der Waals surface area contributed by atoms with Gasteiger partial charge >= 0.3 is 0 Å². The molecule has 1 aromatic carbocycles. The Labute approximate surface area is 209 Å². The van der Waals surface area contributed by atoms with Gasteiger partial charge in [-0.15, -0.1) is 16.4 Å². The molecule has 2 fully saturated rings. The molecule has 0 amide bonds. The quantitative estimate of drug-likeness (QED) is 0.410. The summed E-state index contributed by atoms with van der Waals surface area (Å²) in [7, 11) is 8.80. The van der Waals surface area contributed by atoms with E-state index in [9.17, 15) is 0 Å². The monoisotopic (exact) mass is 503 g/mol. The standard InChI is InChI=1S/C25H33N3O6S/c1-27(22(16-6-7-16)17-11-33-14-34-12-17)23-24(32-5)26-28-18(13-35-25(23)28)21-19(30-3)8-15(10-29-2)9-20(21)31-4/h8-9,13,16-17,22H,6-7,10-12,14H2,1-5H3. The third-order valence-electron chi connectivity index (χ3n) is 6.84. The van der Waals surface area contributed by atoms with Crippen LogP contribution in [-0.4, -0.2) is 71.1 Å². The highest BCUT2D eigenvalue weighted by molar-refractivity contribution is 7.16. The summed E-state index contributed by atoms with van der Waals surface area (Å²) < 4.78 is 35.9. The van der Waals surface area contributed by atoms with E-state index in [0.717, 1.165) is 27.3 Å². The zero-order chi connectivity index (χ0) is 24.5. The van der Waals surface area contributed by atoms with Gasteiger partial charge in [0, 0.05) is 31.5 Å². The van der Waals surface area contributed by atoms with Crippen molar-refractivity contribution < 1.29 is 28.4 Å². The fourth-order valence-corrected chi connectivity index (χ4v) is 6.21. The SMILES string of the molecule is COCc1cc(OC)c(-c2csc3c(N(C)C(C4CC4)C4COCOC4)c(OC)nn23)c(OC)c1. The van der Waals surface area contributed by atoms with Crippen LogP contribution in [0.4, 0.5) is 5.69 Å². The number of hydrogen-bond donors (Lipinski definition) is 0. The van der Waals surface area contributed by atoms with Gasteiger partial charge in [0.15, 0.2) is 0 Å². The lowest BCUT2D eigenvalue weighted by molar-refractivity contribution is -0.131. The fraction of sp³-hybridized carbons (Fsp3) is 0.560. The van der Waals surface area contributed by atoms with Gasteiger partial charge in [0.05, 0.1) is 52.4 Å². The van der Waals surface area contributed by atoms with E-state index in [4.69, 9.17) is 33.5 Å². The molecule has 9 nitrogen and oxygen atoms in total. The van der Waals surface area contributed by atoms with E-state index >= 15 is 0 Å². The van der Waals surface area contributed by atoms with Gasteiger partial charge in [0.2, 0.25) is 0 Å². The molecule has 1 unspecified atom stereocenters. The van der Waals surface area contributed by atoms with Crippen LogP contribution in [0.15, 0.2) is 17.5 Å². The van der Waals surface area contributed by atoms with Gasteiger partial charge in [-0.25, -0.2) is 4.52 Å². The number of benzene rings is 1. The summed E-state index contributed by atoms with van der Waals surface area (Å²) in [6, 6.07) is 4.25. The number of methoxy groups -OCH3 is 4. The molecular weight excluding hydrogens is 470 g/mol. The molecule has 0 N–H and O–H groups in total. The molecule has 2 aromatic heterocycles. The van der Waals surface area contributed by atoms with Gasteiger partial charge in [0.25, 0.3) is 5.88 Å². The lowest BCUT2D eigenvalue weighted by atomic mass is 9.95. The second kappa shape index (κ2) is 10.2. The van der Waals surface area contributed by atoms with Crippen molar-refractivity contribution in [2.75, 3.05) is 60.4 Å². The minimum Gasteiger partial charge on any atom is -0.496 e. The van der Waals surface area contributed by atoms with Gasteiger partial charge in [-0.2, -0.15) is 0 Å². The Hall–Kier alpha value is -2.53. The molecule has 1 saturated carbocycles. The molecule has 3 heterocycles. The molecule has 1 aliphatic carbocycles. The summed E-state index contributed by atoms with van der Waals surface area (Å²) >= 11 is 1.63. The molecular formula is C25H33N3O6S. The molecule has 2 aliphatic rings. The topological polar surface area (TPSA) is 75.9 Å². The third kappa shape index (κ3) is 4.44. The van der Waals surface area contributed by atoms with Crippen LogP contribution in [0, 0.1) is 11.8 Å². The first-order valence-electron chi connectivity index (χ1n) is 11.8. The largest absolute Gasteiger partial charge is 0.496 e. The number of aromatic nitrogens is 2. The number of thiazole rings is 1. The van der Waals surface area contributed by atoms with E-state index < -0.39 is 0 Å². The molecule has 1 atom stereocenters. The van der Waals surface area contributed by atoms with Gasteiger partial charge in [0.1, 0.15) is 28.8 Å². The zero-order valence-electron chi connectivity index (χ0n) is 20.9. The first kappa shape index (κ1) is 24.2. The van der Waals surface area contributed by atoms with E-state index in [1.54, 1.807) is 39.8 Å². The number of anilines is 1. The van der Waals surface area contributed by atoms with Crippen LogP contribution in [0.1, 0.15) is 18.4 Å². The van der Waals surface area contributed by atoms with Crippen molar-refractivity contribution >= 4 is 21.9 Å². The van der Waals surface area contributed by atoms with Crippen LogP contribution >= 0.6 is 11.3 Å². The summed E-state index contributed by atoms with van der Waals surface area (Å²) in [5.74, 6) is 2.91. The van der Waals surface area contributed by atoms with Crippen molar-refractivity contribution in [1.29, 1.82) is 0 Å². The molecule has 0 spiro atoms. The summed E-state index contributed by atoms with van der Waals surface area (Å²) in [5.41, 5.74) is 3.68. The molecule has 190 valence electrons. The molecule has 0 radical (unpaired) electrons. The lowest BCUT2D eigenvalue weighted by Crippen LogP contribution is -2.45. The van der Waals surface area contributed by atoms with Crippen LogP contribution in [0.3, 0.4) is 0 Å². The Morgan fingerprint density at radius 3 is 2.31 bits per heavy atom. The molecule has 1 aliphatic heterocycles. The first-order valence-corrected chi connectivity index (χ1v) is 12.7. The Balaban J connectivity index is 1.60. The third-order valence-corrected chi connectivity index (χ3v) is 7.77. The summed E-state index contributed by atoms with van der Waals surface area (Å²) in [6.07, 6.45) is 2.44. The average Bonchev–Trinajstić information content (AvgIpc) is 3.52. The molecule has 5 rings (SSSR count). The fourth-order valence-electron chi connectivity index (χ4n) is 5.19. The maximum atomic E-state index is 5.79. The van der Waals surface area contributed by atoms with Crippen LogP contribution in [0.25, 0.3) is 16.1 Å². The Kier molecular flexibility index (Phi) is 7.06. The number of rotatable bonds is 10. The highest BCUT2D eigenvalue weighted by Crippen LogP contribution is 2.47. The number of fused-ring (bicyclic) bond motifs is 1. The van der Waals surface area contributed by atoms with Gasteiger partial charge in [-0.3, -0.25) is 0 Å². The minimum atomic E-state index is 0.292. The highest BCUT2D eigenvalue weighted by atomic mass is 32.1. The molecule has 10 heteroatoms. The van der Waals surface area contributed by atoms with E-state index in [-0.39, 0.29) is 0 Å². The second-order valence-electron chi connectivity index (χ2n) is 9.06. The van der Waals surface area contributed by atoms with E-state index in [2.05, 4.69) is 17.3 Å². The predicted octanol–water partition coefficient (Wildman–Crippen LogP) is 4.07. The zero-order valence-corrected chi connectivity index (χ0v) is 21.7. The number of nitrogens with zero attached hydrogens (tertiary/aromatic N) is 3. The van der Waals surface area contributed by atoms with Gasteiger partial charge in [-0.05, 0) is 36.5 Å². The second-order valence-corrected chi connectivity index (χ2v) is 9.92. The normalized spacial score (nSPS) is 17.5. The highest BCUT2D eigenvalue weighted by Gasteiger charge is 2.42. The lowest BCUT2D eigenvalue weighted by Gasteiger charge is -2.37. The summed E-state index contributed by atoms with van der Waals surface area (Å²) in [5, 5.41) is 6.96. The van der Waals surface area contributed by atoms with Crippen molar-refractivity contribution in [2.24, 2.45) is 11.8 Å². The maximum absolute atomic E-state index is 5.79. The van der Waals surface area contributed by atoms with Crippen molar-refractivity contribution in [3.05, 3.63) is 23.1 Å². The van der Waals surface area contributed by atoms with E-state index in [1.807, 2.05) is 16.6 Å². The Morgan fingerprint density at radius 1 is 1.06 bits per heavy atom. The summed E-state index contributed by atoms with van der Waals surface area (Å²) in [6.45, 7) is 2.25. The predicted molar refractivity (Wildman–Crippen MR) is 134 cm³/mol. The minimum absolute atomic E-state index is 0.292. The van der Waals surface area contributed by atoms with Gasteiger partial charge < -0.3 is 33.3 Å². The molecule has 3 aromatic rings. The first-order chi connectivity index (χ1) is 17.1. The Morgan fingerprint density at radius 2 is 1.74 bits per heavy atom. The van der Waals surface area contributed by atoms with E-state index in [0.29, 0.717) is 61.9 Å². The van der Waals surface area contributed by atoms with Crippen LogP contribution in [-0.2, 0) is 20.8 Å². The molecule has 0 bridgehead atoms. The van der Waals surface area contributed by atoms with Crippen LogP contribution < -0.4 is 19.1 Å². The van der Waals surface area contributed by atoms with Crippen molar-refractivity contribution in [1.82, 2.24) is 9.61 Å². The molecule has 1 saturated heterocycles. The van der Waals surface area contributed by atoms with Crippen molar-refractivity contribution in [3.63, 3.8) is 0 Å². The van der Waals surface area contributed by atoms with E-state index in [1.165, 1.54) is 12.8 Å². The Bertz CT molecular complexity index is 1140. The summed E-state index contributed by atoms with van der Waals surface area (Å²) in [4.78, 5) is 3.34. The smallest absolute Gasteiger partial charge is 0.258 e. The number of hydrogen-bond acceptors (Lipinski definition) is 9. The van der Waals surface area contributed by atoms with Crippen molar-refractivity contribution in [2.45, 2.75) is 25.5 Å². The maximum Gasteiger partial charge on any atom is 0.258 e. The number of ether oxygens (including phenoxy) is 6. The average molecular weight is 504 g/mol.